The molecule has 0 atom stereocenters. The fourth-order valence-corrected chi connectivity index (χ4v) is 1.39. The fourth-order valence-electron chi connectivity index (χ4n) is 1.39. The molecule has 0 fully saturated rings. The molecule has 8 heteroatoms. The lowest BCUT2D eigenvalue weighted by Gasteiger charge is -2.04. The fraction of sp³-hybridized carbons (Fsp3) is 0. The van der Waals surface area contributed by atoms with Crippen LogP contribution in [0.5, 0.6) is 0 Å². The molecule has 2 rings (SSSR count). The molecule has 0 aliphatic carbocycles. The van der Waals surface area contributed by atoms with E-state index in [2.05, 4.69) is 15.5 Å². The molecule has 98 valence electrons. The third-order valence-electron chi connectivity index (χ3n) is 2.33. The summed E-state index contributed by atoms with van der Waals surface area (Å²) in [5, 5.41) is 8.20. The van der Waals surface area contributed by atoms with E-state index in [0.717, 1.165) is 24.4 Å². The van der Waals surface area contributed by atoms with E-state index < -0.39 is 23.4 Å². The number of nitrogens with two attached hydrogens (primary N) is 1. The van der Waals surface area contributed by atoms with Gasteiger partial charge in [-0.2, -0.15) is 5.10 Å². The van der Waals surface area contributed by atoms with Crippen LogP contribution in [0.3, 0.4) is 0 Å². The lowest BCUT2D eigenvalue weighted by atomic mass is 10.2. The van der Waals surface area contributed by atoms with Crippen LogP contribution in [0.1, 0.15) is 20.7 Å². The van der Waals surface area contributed by atoms with Gasteiger partial charge in [0, 0.05) is 5.56 Å². The van der Waals surface area contributed by atoms with E-state index in [4.69, 9.17) is 5.73 Å². The summed E-state index contributed by atoms with van der Waals surface area (Å²) in [6, 6.07) is 2.67. The Morgan fingerprint density at radius 2 is 2.00 bits per heavy atom. The molecule has 0 saturated heterocycles. The van der Waals surface area contributed by atoms with Gasteiger partial charge >= 0.3 is 0 Å². The minimum absolute atomic E-state index is 0.0118. The maximum atomic E-state index is 13.0. The van der Waals surface area contributed by atoms with Gasteiger partial charge in [-0.25, -0.2) is 8.78 Å². The number of H-pyrrole nitrogens is 1. The van der Waals surface area contributed by atoms with Crippen LogP contribution >= 0.6 is 0 Å². The number of hydrogen-bond acceptors (Lipinski definition) is 3. The molecule has 0 saturated carbocycles. The van der Waals surface area contributed by atoms with Crippen LogP contribution in [0.25, 0.3) is 0 Å². The summed E-state index contributed by atoms with van der Waals surface area (Å²) >= 11 is 0. The Hall–Kier alpha value is -2.77. The first-order chi connectivity index (χ1) is 8.99. The highest BCUT2D eigenvalue weighted by Gasteiger charge is 2.15. The van der Waals surface area contributed by atoms with Gasteiger partial charge in [0.25, 0.3) is 11.8 Å². The minimum Gasteiger partial charge on any atom is -0.365 e. The molecule has 1 aromatic heterocycles. The summed E-state index contributed by atoms with van der Waals surface area (Å²) in [5.41, 5.74) is 4.93. The van der Waals surface area contributed by atoms with E-state index >= 15 is 0 Å². The number of aromatic amines is 1. The average Bonchev–Trinajstić information content (AvgIpc) is 2.80. The first-order valence-corrected chi connectivity index (χ1v) is 5.08. The Labute approximate surface area is 105 Å². The van der Waals surface area contributed by atoms with Crippen molar-refractivity contribution in [2.45, 2.75) is 0 Å². The normalized spacial score (nSPS) is 10.2. The molecule has 4 N–H and O–H groups in total. The van der Waals surface area contributed by atoms with Crippen LogP contribution in [0.4, 0.5) is 14.6 Å². The average molecular weight is 266 g/mol. The number of hydrogen-bond donors (Lipinski definition) is 3. The van der Waals surface area contributed by atoms with E-state index in [1.54, 1.807) is 0 Å². The number of halogens is 2. The Balaban J connectivity index is 2.23. The van der Waals surface area contributed by atoms with Crippen LogP contribution < -0.4 is 11.1 Å². The van der Waals surface area contributed by atoms with Gasteiger partial charge in [0.05, 0.1) is 6.20 Å². The number of primary amides is 1. The predicted octanol–water partition coefficient (Wildman–Crippen LogP) is 1.04. The number of rotatable bonds is 3. The number of carbonyl (C=O) groups is 2. The summed E-state index contributed by atoms with van der Waals surface area (Å²) in [6.45, 7) is 0. The Morgan fingerprint density at radius 3 is 2.63 bits per heavy atom. The number of aromatic nitrogens is 2. The van der Waals surface area contributed by atoms with Crippen molar-refractivity contribution in [1.29, 1.82) is 0 Å². The SMILES string of the molecule is NC(=O)c1cn[nH]c1NC(=O)c1ccc(F)c(F)c1. The molecule has 1 heterocycles. The van der Waals surface area contributed by atoms with Crippen molar-refractivity contribution in [3.8, 4) is 0 Å². The Morgan fingerprint density at radius 1 is 1.26 bits per heavy atom. The molecule has 2 amide bonds. The number of anilines is 1. The highest BCUT2D eigenvalue weighted by Crippen LogP contribution is 2.13. The highest BCUT2D eigenvalue weighted by molar-refractivity contribution is 6.07. The molecule has 19 heavy (non-hydrogen) atoms. The van der Waals surface area contributed by atoms with E-state index in [1.807, 2.05) is 0 Å². The predicted molar refractivity (Wildman–Crippen MR) is 61.4 cm³/mol. The first kappa shape index (κ1) is 12.7. The van der Waals surface area contributed by atoms with Crippen LogP contribution in [0, 0.1) is 11.6 Å². The van der Waals surface area contributed by atoms with Gasteiger partial charge in [-0.1, -0.05) is 0 Å². The molecule has 0 radical (unpaired) electrons. The quantitative estimate of drug-likeness (QED) is 0.773. The highest BCUT2D eigenvalue weighted by atomic mass is 19.2. The number of amides is 2. The maximum absolute atomic E-state index is 13.0. The zero-order valence-corrected chi connectivity index (χ0v) is 9.41. The van der Waals surface area contributed by atoms with Gasteiger partial charge in [-0.3, -0.25) is 14.7 Å². The van der Waals surface area contributed by atoms with E-state index in [1.165, 1.54) is 0 Å². The topological polar surface area (TPSA) is 101 Å². The molecule has 0 aliphatic heterocycles. The van der Waals surface area contributed by atoms with Gasteiger partial charge in [0.1, 0.15) is 11.4 Å². The van der Waals surface area contributed by atoms with E-state index in [-0.39, 0.29) is 16.9 Å². The second-order valence-corrected chi connectivity index (χ2v) is 3.61. The monoisotopic (exact) mass is 266 g/mol. The Kier molecular flexibility index (Phi) is 3.23. The van der Waals surface area contributed by atoms with Crippen LogP contribution in [-0.2, 0) is 0 Å². The van der Waals surface area contributed by atoms with Gasteiger partial charge in [-0.05, 0) is 18.2 Å². The second kappa shape index (κ2) is 4.84. The van der Waals surface area contributed by atoms with Crippen molar-refractivity contribution in [2.24, 2.45) is 5.73 Å². The van der Waals surface area contributed by atoms with Crippen molar-refractivity contribution in [3.05, 3.63) is 47.2 Å². The number of benzene rings is 1. The first-order valence-electron chi connectivity index (χ1n) is 5.08. The molecule has 6 nitrogen and oxygen atoms in total. The lowest BCUT2D eigenvalue weighted by molar-refractivity contribution is 0.100. The summed E-state index contributed by atoms with van der Waals surface area (Å²) in [5.74, 6) is -3.73. The number of nitrogens with zero attached hydrogens (tertiary/aromatic N) is 1. The van der Waals surface area contributed by atoms with Crippen molar-refractivity contribution in [3.63, 3.8) is 0 Å². The third-order valence-corrected chi connectivity index (χ3v) is 2.33. The van der Waals surface area contributed by atoms with Crippen molar-refractivity contribution < 1.29 is 18.4 Å². The Bertz CT molecular complexity index is 654. The van der Waals surface area contributed by atoms with Crippen LogP contribution in [0.2, 0.25) is 0 Å². The maximum Gasteiger partial charge on any atom is 0.256 e. The molecule has 0 aliphatic rings. The zero-order valence-electron chi connectivity index (χ0n) is 9.41. The standard InChI is InChI=1S/C11H8F2N4O2/c12-7-2-1-5(3-8(7)13)11(19)16-10-6(9(14)18)4-15-17-10/h1-4H,(H2,14,18)(H2,15,16,17,19). The second-order valence-electron chi connectivity index (χ2n) is 3.61. The van der Waals surface area contributed by atoms with E-state index in [9.17, 15) is 18.4 Å². The van der Waals surface area contributed by atoms with Crippen molar-refractivity contribution >= 4 is 17.6 Å². The summed E-state index contributed by atoms with van der Waals surface area (Å²) in [6.07, 6.45) is 1.14. The van der Waals surface area contributed by atoms with Gasteiger partial charge < -0.3 is 11.1 Å². The van der Waals surface area contributed by atoms with Gasteiger partial charge in [0.2, 0.25) is 0 Å². The zero-order chi connectivity index (χ0) is 14.0. The summed E-state index contributed by atoms with van der Waals surface area (Å²) in [7, 11) is 0. The van der Waals surface area contributed by atoms with Crippen molar-refractivity contribution in [2.75, 3.05) is 5.32 Å². The van der Waals surface area contributed by atoms with Crippen molar-refractivity contribution in [1.82, 2.24) is 10.2 Å². The van der Waals surface area contributed by atoms with Gasteiger partial charge in [0.15, 0.2) is 11.6 Å². The molecule has 1 aromatic carbocycles. The molecule has 0 unspecified atom stereocenters. The summed E-state index contributed by atoms with van der Waals surface area (Å²) < 4.78 is 25.7. The largest absolute Gasteiger partial charge is 0.365 e. The summed E-state index contributed by atoms with van der Waals surface area (Å²) in [4.78, 5) is 22.8. The number of nitrogens with one attached hydrogen (secondary N) is 2. The minimum atomic E-state index is -1.15. The van der Waals surface area contributed by atoms with Crippen LogP contribution in [0.15, 0.2) is 24.4 Å². The molecule has 2 aromatic rings. The lowest BCUT2D eigenvalue weighted by Crippen LogP contribution is -2.17. The number of carbonyl (C=O) groups excluding carboxylic acids is 2. The van der Waals surface area contributed by atoms with E-state index in [0.29, 0.717) is 0 Å². The molecular weight excluding hydrogens is 258 g/mol. The third kappa shape index (κ3) is 2.57. The molecule has 0 spiro atoms. The van der Waals surface area contributed by atoms with Crippen LogP contribution in [-0.4, -0.2) is 22.0 Å². The van der Waals surface area contributed by atoms with Gasteiger partial charge in [-0.15, -0.1) is 0 Å². The molecular formula is C11H8F2N4O2. The molecule has 0 bridgehead atoms. The smallest absolute Gasteiger partial charge is 0.256 e.